The van der Waals surface area contributed by atoms with Crippen molar-refractivity contribution in [1.29, 1.82) is 0 Å². The maximum Gasteiger partial charge on any atom is 0.418 e. The molecule has 1 heterocycles. The Hall–Kier alpha value is -3.56. The number of hydrogen-bond acceptors (Lipinski definition) is 2. The van der Waals surface area contributed by atoms with Gasteiger partial charge in [0.1, 0.15) is 0 Å². The van der Waals surface area contributed by atoms with Crippen LogP contribution in [0, 0.1) is 6.92 Å². The van der Waals surface area contributed by atoms with Gasteiger partial charge in [0.25, 0.3) is 0 Å². The molecule has 10 heteroatoms. The molecule has 2 amide bonds. The molecule has 0 saturated heterocycles. The number of aromatic nitrogens is 1. The molecular formula is C25H23F6N3O. The highest BCUT2D eigenvalue weighted by molar-refractivity contribution is 5.91. The van der Waals surface area contributed by atoms with Crippen molar-refractivity contribution in [1.82, 2.24) is 10.3 Å². The van der Waals surface area contributed by atoms with E-state index in [0.29, 0.717) is 5.69 Å². The van der Waals surface area contributed by atoms with Crippen molar-refractivity contribution >= 4 is 11.7 Å². The van der Waals surface area contributed by atoms with Crippen molar-refractivity contribution in [2.45, 2.75) is 45.1 Å². The van der Waals surface area contributed by atoms with Crippen LogP contribution in [-0.4, -0.2) is 11.0 Å². The highest BCUT2D eigenvalue weighted by atomic mass is 19.4. The maximum absolute atomic E-state index is 13.7. The van der Waals surface area contributed by atoms with Gasteiger partial charge < -0.3 is 10.6 Å². The second-order valence-corrected chi connectivity index (χ2v) is 8.28. The summed E-state index contributed by atoms with van der Waals surface area (Å²) in [6.07, 6.45) is -8.30. The predicted molar refractivity (Wildman–Crippen MR) is 120 cm³/mol. The zero-order valence-electron chi connectivity index (χ0n) is 19.1. The quantitative estimate of drug-likeness (QED) is 0.361. The molecule has 4 nitrogen and oxygen atoms in total. The molecule has 0 fully saturated rings. The van der Waals surface area contributed by atoms with E-state index in [4.69, 9.17) is 0 Å². The normalized spacial score (nSPS) is 13.0. The average Bonchev–Trinajstić information content (AvgIpc) is 2.77. The van der Waals surface area contributed by atoms with E-state index < -0.39 is 41.2 Å². The van der Waals surface area contributed by atoms with Crippen molar-refractivity contribution in [2.24, 2.45) is 0 Å². The number of amides is 2. The first-order valence-corrected chi connectivity index (χ1v) is 10.6. The topological polar surface area (TPSA) is 54.0 Å². The summed E-state index contributed by atoms with van der Waals surface area (Å²) in [6.45, 7) is 5.62. The summed E-state index contributed by atoms with van der Waals surface area (Å²) in [4.78, 5) is 16.8. The fourth-order valence-corrected chi connectivity index (χ4v) is 3.68. The van der Waals surface area contributed by atoms with Gasteiger partial charge in [-0.15, -0.1) is 0 Å². The van der Waals surface area contributed by atoms with Gasteiger partial charge in [-0.25, -0.2) is 4.79 Å². The van der Waals surface area contributed by atoms with E-state index in [0.717, 1.165) is 53.7 Å². The lowest BCUT2D eigenvalue weighted by Gasteiger charge is -2.24. The van der Waals surface area contributed by atoms with Gasteiger partial charge >= 0.3 is 18.4 Å². The molecule has 35 heavy (non-hydrogen) atoms. The van der Waals surface area contributed by atoms with Crippen molar-refractivity contribution in [2.75, 3.05) is 5.32 Å². The van der Waals surface area contributed by atoms with E-state index in [9.17, 15) is 31.1 Å². The number of para-hydroxylation sites is 1. The number of hydrogen-bond donors (Lipinski definition) is 2. The van der Waals surface area contributed by atoms with Crippen LogP contribution in [0.15, 0.2) is 60.8 Å². The number of urea groups is 1. The number of halogens is 6. The smallest absolute Gasteiger partial charge is 0.325 e. The molecule has 186 valence electrons. The number of alkyl halides is 6. The first-order chi connectivity index (χ1) is 16.3. The molecule has 3 rings (SSSR count). The van der Waals surface area contributed by atoms with Crippen LogP contribution in [-0.2, 0) is 12.4 Å². The van der Waals surface area contributed by atoms with Crippen molar-refractivity contribution in [3.05, 3.63) is 94.3 Å². The fraction of sp³-hybridized carbons (Fsp3) is 0.280. The minimum atomic E-state index is -4.80. The monoisotopic (exact) mass is 495 g/mol. The molecule has 0 spiro atoms. The molecule has 0 aliphatic rings. The van der Waals surface area contributed by atoms with Gasteiger partial charge in [0.2, 0.25) is 0 Å². The Morgan fingerprint density at radius 2 is 1.54 bits per heavy atom. The molecule has 0 aliphatic carbocycles. The molecule has 0 bridgehead atoms. The number of rotatable bonds is 5. The van der Waals surface area contributed by atoms with Crippen LogP contribution >= 0.6 is 0 Å². The van der Waals surface area contributed by atoms with Gasteiger partial charge in [0, 0.05) is 11.9 Å². The first-order valence-electron chi connectivity index (χ1n) is 10.6. The Morgan fingerprint density at radius 3 is 2.11 bits per heavy atom. The Bertz CT molecular complexity index is 1190. The van der Waals surface area contributed by atoms with E-state index in [1.54, 1.807) is 13.0 Å². The summed E-state index contributed by atoms with van der Waals surface area (Å²) in [5.74, 6) is 0.0449. The standard InChI is InChI=1S/C25H23F6N3O/c1-14(2)18-7-4-6-15(3)20(18)33-23(35)34-21(16-9-11-17(12-10-16)24(26,27)28)22-19(25(29,30)31)8-5-13-32-22/h4-14,21H,1-3H3,(H2,33,34,35)/t21-/m0/s1. The van der Waals surface area contributed by atoms with E-state index in [-0.39, 0.29) is 11.5 Å². The lowest BCUT2D eigenvalue weighted by atomic mass is 9.97. The van der Waals surface area contributed by atoms with Gasteiger partial charge in [-0.3, -0.25) is 4.98 Å². The third kappa shape index (κ3) is 6.12. The van der Waals surface area contributed by atoms with Crippen LogP contribution < -0.4 is 10.6 Å². The Morgan fingerprint density at radius 1 is 0.886 bits per heavy atom. The summed E-state index contributed by atoms with van der Waals surface area (Å²) in [5, 5.41) is 5.15. The van der Waals surface area contributed by atoms with Crippen LogP contribution in [0.3, 0.4) is 0 Å². The molecule has 3 aromatic rings. The SMILES string of the molecule is Cc1cccc(C(C)C)c1NC(=O)N[C@@H](c1ccc(C(F)(F)F)cc1)c1ncccc1C(F)(F)F. The van der Waals surface area contributed by atoms with Crippen molar-refractivity contribution in [3.63, 3.8) is 0 Å². The summed E-state index contributed by atoms with van der Waals surface area (Å²) >= 11 is 0. The second kappa shape index (κ2) is 9.97. The van der Waals surface area contributed by atoms with E-state index in [1.165, 1.54) is 0 Å². The van der Waals surface area contributed by atoms with Crippen LogP contribution in [0.2, 0.25) is 0 Å². The molecule has 0 unspecified atom stereocenters. The first kappa shape index (κ1) is 26.1. The number of anilines is 1. The molecule has 2 N–H and O–H groups in total. The van der Waals surface area contributed by atoms with Crippen LogP contribution in [0.4, 0.5) is 36.8 Å². The number of carbonyl (C=O) groups is 1. The highest BCUT2D eigenvalue weighted by Crippen LogP contribution is 2.37. The molecule has 2 aromatic carbocycles. The summed E-state index contributed by atoms with van der Waals surface area (Å²) < 4.78 is 80.2. The van der Waals surface area contributed by atoms with E-state index in [2.05, 4.69) is 15.6 Å². The second-order valence-electron chi connectivity index (χ2n) is 8.28. The number of pyridine rings is 1. The lowest BCUT2D eigenvalue weighted by Crippen LogP contribution is -2.35. The molecular weight excluding hydrogens is 472 g/mol. The van der Waals surface area contributed by atoms with Crippen LogP contribution in [0.1, 0.15) is 59.3 Å². The van der Waals surface area contributed by atoms with E-state index >= 15 is 0 Å². The number of aryl methyl sites for hydroxylation is 1. The number of benzene rings is 2. The molecule has 0 radical (unpaired) electrons. The Labute approximate surface area is 198 Å². The van der Waals surface area contributed by atoms with Crippen LogP contribution in [0.25, 0.3) is 0 Å². The van der Waals surface area contributed by atoms with Crippen LogP contribution in [0.5, 0.6) is 0 Å². The largest absolute Gasteiger partial charge is 0.418 e. The van der Waals surface area contributed by atoms with Gasteiger partial charge in [-0.2, -0.15) is 26.3 Å². The third-order valence-electron chi connectivity index (χ3n) is 5.43. The predicted octanol–water partition coefficient (Wildman–Crippen LogP) is 7.46. The van der Waals surface area contributed by atoms with E-state index in [1.807, 2.05) is 26.0 Å². The van der Waals surface area contributed by atoms with Gasteiger partial charge in [-0.1, -0.05) is 44.2 Å². The minimum Gasteiger partial charge on any atom is -0.325 e. The summed E-state index contributed by atoms with van der Waals surface area (Å²) in [6, 6.07) is 8.55. The fourth-order valence-electron chi connectivity index (χ4n) is 3.68. The zero-order chi connectivity index (χ0) is 26.0. The average molecular weight is 495 g/mol. The summed E-state index contributed by atoms with van der Waals surface area (Å²) in [5.41, 5.74) is -0.545. The maximum atomic E-state index is 13.7. The highest BCUT2D eigenvalue weighted by Gasteiger charge is 2.37. The molecule has 0 aliphatic heterocycles. The number of nitrogens with one attached hydrogen (secondary N) is 2. The molecule has 1 atom stereocenters. The van der Waals surface area contributed by atoms with Crippen molar-refractivity contribution < 1.29 is 31.1 Å². The Balaban J connectivity index is 2.03. The minimum absolute atomic E-state index is 0.00576. The number of carbonyl (C=O) groups excluding carboxylic acids is 1. The molecule has 1 aromatic heterocycles. The van der Waals surface area contributed by atoms with Crippen molar-refractivity contribution in [3.8, 4) is 0 Å². The molecule has 0 saturated carbocycles. The Kier molecular flexibility index (Phi) is 7.42. The van der Waals surface area contributed by atoms with Gasteiger partial charge in [0.15, 0.2) is 0 Å². The lowest BCUT2D eigenvalue weighted by molar-refractivity contribution is -0.139. The van der Waals surface area contributed by atoms with Gasteiger partial charge in [0.05, 0.1) is 22.9 Å². The third-order valence-corrected chi connectivity index (χ3v) is 5.43. The number of nitrogens with zero attached hydrogens (tertiary/aromatic N) is 1. The zero-order valence-corrected chi connectivity index (χ0v) is 19.1. The van der Waals surface area contributed by atoms with Gasteiger partial charge in [-0.05, 0) is 53.8 Å². The summed E-state index contributed by atoms with van der Waals surface area (Å²) in [7, 11) is 0.